The Labute approximate surface area is 181 Å². The van der Waals surface area contributed by atoms with E-state index in [1.807, 2.05) is 71.0 Å². The Morgan fingerprint density at radius 2 is 1.47 bits per heavy atom. The van der Waals surface area contributed by atoms with Crippen LogP contribution in [0.1, 0.15) is 48.6 Å². The number of aryl methyl sites for hydroxylation is 4. The number of hydrogen-bond acceptors (Lipinski definition) is 3. The smallest absolute Gasteiger partial charge is 0.244 e. The Morgan fingerprint density at radius 3 is 1.97 bits per heavy atom. The zero-order chi connectivity index (χ0) is 22.7. The molecule has 164 valence electrons. The molecule has 0 aliphatic heterocycles. The van der Waals surface area contributed by atoms with Gasteiger partial charge in [0.15, 0.2) is 0 Å². The lowest BCUT2D eigenvalue weighted by molar-refractivity contribution is -0.121. The molecule has 1 N–H and O–H groups in total. The molecular formula is C24H34N2O3S. The molecule has 5 nitrogen and oxygen atoms in total. The molecule has 30 heavy (non-hydrogen) atoms. The maximum Gasteiger partial charge on any atom is 0.244 e. The number of nitrogens with one attached hydrogen (secondary N) is 1. The third-order valence-electron chi connectivity index (χ3n) is 4.82. The van der Waals surface area contributed by atoms with Crippen LogP contribution in [0.25, 0.3) is 0 Å². The van der Waals surface area contributed by atoms with Crippen molar-refractivity contribution in [2.45, 2.75) is 59.9 Å². The maximum atomic E-state index is 13.6. The standard InChI is InChI=1S/C24H34N2O3S/c1-17-8-10-21(11-9-17)14-26(15-22(27)25-16-24(5,6)7)30(28,29)23-19(3)12-18(2)13-20(23)4/h8-13H,14-16H2,1-7H3,(H,25,27). The molecule has 0 aromatic heterocycles. The van der Waals surface area contributed by atoms with Crippen molar-refractivity contribution in [2.24, 2.45) is 5.41 Å². The van der Waals surface area contributed by atoms with Gasteiger partial charge in [-0.2, -0.15) is 4.31 Å². The number of benzene rings is 2. The molecule has 0 atom stereocenters. The lowest BCUT2D eigenvalue weighted by Gasteiger charge is -2.25. The SMILES string of the molecule is Cc1ccc(CN(CC(=O)NCC(C)(C)C)S(=O)(=O)c2c(C)cc(C)cc2C)cc1. The van der Waals surface area contributed by atoms with Crippen LogP contribution in [0.5, 0.6) is 0 Å². The number of sulfonamides is 1. The summed E-state index contributed by atoms with van der Waals surface area (Å²) in [4.78, 5) is 12.9. The fourth-order valence-electron chi connectivity index (χ4n) is 3.41. The van der Waals surface area contributed by atoms with E-state index in [1.165, 1.54) is 4.31 Å². The van der Waals surface area contributed by atoms with Crippen molar-refractivity contribution >= 4 is 15.9 Å². The van der Waals surface area contributed by atoms with E-state index < -0.39 is 10.0 Å². The Hall–Kier alpha value is -2.18. The molecule has 0 spiro atoms. The molecule has 0 radical (unpaired) electrons. The second-order valence-electron chi connectivity index (χ2n) is 9.32. The van der Waals surface area contributed by atoms with Crippen LogP contribution in [-0.2, 0) is 21.4 Å². The summed E-state index contributed by atoms with van der Waals surface area (Å²) in [5.74, 6) is -0.303. The quantitative estimate of drug-likeness (QED) is 0.713. The average Bonchev–Trinajstić information content (AvgIpc) is 2.59. The first-order chi connectivity index (χ1) is 13.8. The lowest BCUT2D eigenvalue weighted by Crippen LogP contribution is -2.42. The Bertz CT molecular complexity index is 981. The first-order valence-corrected chi connectivity index (χ1v) is 11.6. The lowest BCUT2D eigenvalue weighted by atomic mass is 9.97. The van der Waals surface area contributed by atoms with Crippen LogP contribution in [0.4, 0.5) is 0 Å². The number of amides is 1. The van der Waals surface area contributed by atoms with Gasteiger partial charge in [0, 0.05) is 13.1 Å². The third-order valence-corrected chi connectivity index (χ3v) is 6.92. The molecule has 0 saturated carbocycles. The molecule has 0 heterocycles. The molecular weight excluding hydrogens is 396 g/mol. The molecule has 0 bridgehead atoms. The van der Waals surface area contributed by atoms with Gasteiger partial charge in [-0.25, -0.2) is 8.42 Å². The fraction of sp³-hybridized carbons (Fsp3) is 0.458. The maximum absolute atomic E-state index is 13.6. The van der Waals surface area contributed by atoms with Crippen LogP contribution >= 0.6 is 0 Å². The second kappa shape index (κ2) is 9.31. The number of nitrogens with zero attached hydrogens (tertiary/aromatic N) is 1. The van der Waals surface area contributed by atoms with Crippen LogP contribution < -0.4 is 5.32 Å². The van der Waals surface area contributed by atoms with Crippen LogP contribution in [0.3, 0.4) is 0 Å². The predicted molar refractivity (Wildman–Crippen MR) is 122 cm³/mol. The summed E-state index contributed by atoms with van der Waals surface area (Å²) in [6.07, 6.45) is 0. The fourth-order valence-corrected chi connectivity index (χ4v) is 5.20. The molecule has 1 amide bonds. The van der Waals surface area contributed by atoms with Crippen molar-refractivity contribution in [2.75, 3.05) is 13.1 Å². The van der Waals surface area contributed by atoms with Gasteiger partial charge in [-0.15, -0.1) is 0 Å². The minimum absolute atomic E-state index is 0.0829. The van der Waals surface area contributed by atoms with Crippen molar-refractivity contribution < 1.29 is 13.2 Å². The second-order valence-corrected chi connectivity index (χ2v) is 11.2. The van der Waals surface area contributed by atoms with Gasteiger partial charge in [0.05, 0.1) is 11.4 Å². The van der Waals surface area contributed by atoms with E-state index >= 15 is 0 Å². The van der Waals surface area contributed by atoms with E-state index in [2.05, 4.69) is 5.32 Å². The van der Waals surface area contributed by atoms with Crippen LogP contribution in [-0.4, -0.2) is 31.7 Å². The van der Waals surface area contributed by atoms with Crippen molar-refractivity contribution in [3.05, 3.63) is 64.2 Å². The average molecular weight is 431 g/mol. The highest BCUT2D eigenvalue weighted by molar-refractivity contribution is 7.89. The molecule has 0 aliphatic rings. The molecule has 2 aromatic rings. The topological polar surface area (TPSA) is 66.5 Å². The highest BCUT2D eigenvalue weighted by Crippen LogP contribution is 2.26. The molecule has 2 rings (SSSR count). The summed E-state index contributed by atoms with van der Waals surface area (Å²) < 4.78 is 28.6. The van der Waals surface area contributed by atoms with Gasteiger partial charge in [-0.3, -0.25) is 4.79 Å². The van der Waals surface area contributed by atoms with Gasteiger partial charge in [0.25, 0.3) is 0 Å². The van der Waals surface area contributed by atoms with Gasteiger partial charge < -0.3 is 5.32 Å². The Balaban J connectivity index is 2.41. The van der Waals surface area contributed by atoms with Gasteiger partial charge in [0.1, 0.15) is 0 Å². The molecule has 2 aromatic carbocycles. The highest BCUT2D eigenvalue weighted by atomic mass is 32.2. The molecule has 0 aliphatic carbocycles. The van der Waals surface area contributed by atoms with Crippen molar-refractivity contribution in [3.63, 3.8) is 0 Å². The van der Waals surface area contributed by atoms with E-state index in [1.54, 1.807) is 13.8 Å². The predicted octanol–water partition coefficient (Wildman–Crippen LogP) is 4.27. The van der Waals surface area contributed by atoms with E-state index in [0.29, 0.717) is 17.7 Å². The highest BCUT2D eigenvalue weighted by Gasteiger charge is 2.30. The Morgan fingerprint density at radius 1 is 0.933 bits per heavy atom. The summed E-state index contributed by atoms with van der Waals surface area (Å²) in [5.41, 5.74) is 4.25. The van der Waals surface area contributed by atoms with Gasteiger partial charge >= 0.3 is 0 Å². The summed E-state index contributed by atoms with van der Waals surface area (Å²) in [6, 6.07) is 11.4. The van der Waals surface area contributed by atoms with Crippen molar-refractivity contribution in [1.29, 1.82) is 0 Å². The van der Waals surface area contributed by atoms with Crippen LogP contribution in [0.2, 0.25) is 0 Å². The number of carbonyl (C=O) groups excluding carboxylic acids is 1. The minimum Gasteiger partial charge on any atom is -0.354 e. The number of carbonyl (C=O) groups is 1. The van der Waals surface area contributed by atoms with Crippen molar-refractivity contribution in [3.8, 4) is 0 Å². The summed E-state index contributed by atoms with van der Waals surface area (Å²) in [7, 11) is -3.86. The van der Waals surface area contributed by atoms with E-state index in [9.17, 15) is 13.2 Å². The summed E-state index contributed by atoms with van der Waals surface area (Å²) >= 11 is 0. The zero-order valence-corrected chi connectivity index (χ0v) is 20.0. The van der Waals surface area contributed by atoms with E-state index in [-0.39, 0.29) is 29.3 Å². The first kappa shape index (κ1) is 24.1. The molecule has 0 unspecified atom stereocenters. The summed E-state index contributed by atoms with van der Waals surface area (Å²) in [6.45, 7) is 14.0. The third kappa shape index (κ3) is 6.41. The number of rotatable bonds is 7. The Kier molecular flexibility index (Phi) is 7.48. The van der Waals surface area contributed by atoms with Gasteiger partial charge in [-0.1, -0.05) is 68.3 Å². The monoisotopic (exact) mass is 430 g/mol. The summed E-state index contributed by atoms with van der Waals surface area (Å²) in [5, 5.41) is 2.86. The normalized spacial score (nSPS) is 12.3. The van der Waals surface area contributed by atoms with Crippen LogP contribution in [0.15, 0.2) is 41.3 Å². The van der Waals surface area contributed by atoms with E-state index in [0.717, 1.165) is 16.7 Å². The van der Waals surface area contributed by atoms with Gasteiger partial charge in [0.2, 0.25) is 15.9 Å². The molecule has 0 fully saturated rings. The van der Waals surface area contributed by atoms with E-state index in [4.69, 9.17) is 0 Å². The first-order valence-electron chi connectivity index (χ1n) is 10.2. The molecule has 0 saturated heterocycles. The minimum atomic E-state index is -3.86. The largest absolute Gasteiger partial charge is 0.354 e. The molecule has 6 heteroatoms. The number of hydrogen-bond donors (Lipinski definition) is 1. The zero-order valence-electron chi connectivity index (χ0n) is 19.2. The van der Waals surface area contributed by atoms with Crippen LogP contribution in [0, 0.1) is 33.1 Å². The van der Waals surface area contributed by atoms with Gasteiger partial charge in [-0.05, 0) is 49.8 Å². The van der Waals surface area contributed by atoms with Crippen molar-refractivity contribution in [1.82, 2.24) is 9.62 Å².